The molecule has 0 saturated carbocycles. The summed E-state index contributed by atoms with van der Waals surface area (Å²) in [6.45, 7) is 5.54. The van der Waals surface area contributed by atoms with Crippen LogP contribution in [0.1, 0.15) is 37.6 Å². The minimum absolute atomic E-state index is 0.392. The van der Waals surface area contributed by atoms with Gasteiger partial charge in [-0.2, -0.15) is 0 Å². The molecule has 0 amide bonds. The lowest BCUT2D eigenvalue weighted by atomic mass is 10.1. The van der Waals surface area contributed by atoms with Crippen molar-refractivity contribution in [3.63, 3.8) is 0 Å². The van der Waals surface area contributed by atoms with E-state index in [9.17, 15) is 0 Å². The average molecular weight is 264 g/mol. The van der Waals surface area contributed by atoms with Gasteiger partial charge in [0.15, 0.2) is 0 Å². The molecule has 1 atom stereocenters. The molecule has 0 aliphatic heterocycles. The molecule has 18 heavy (non-hydrogen) atoms. The molecule has 2 rings (SSSR count). The van der Waals surface area contributed by atoms with Gasteiger partial charge < -0.3 is 10.5 Å². The predicted molar refractivity (Wildman–Crippen MR) is 77.5 cm³/mol. The molecule has 1 heterocycles. The Morgan fingerprint density at radius 1 is 1.39 bits per heavy atom. The van der Waals surface area contributed by atoms with E-state index in [0.717, 1.165) is 29.1 Å². The number of nitrogens with zero attached hydrogens (tertiary/aromatic N) is 1. The maximum Gasteiger partial charge on any atom is 0.120 e. The molecule has 2 aromatic rings. The highest BCUT2D eigenvalue weighted by molar-refractivity contribution is 7.18. The molecule has 0 fully saturated rings. The van der Waals surface area contributed by atoms with E-state index in [0.29, 0.717) is 19.1 Å². The Labute approximate surface area is 112 Å². The number of rotatable bonds is 6. The first-order valence-electron chi connectivity index (χ1n) is 6.51. The van der Waals surface area contributed by atoms with Crippen LogP contribution in [-0.2, 0) is 0 Å². The van der Waals surface area contributed by atoms with Gasteiger partial charge in [-0.05, 0) is 31.5 Å². The molecule has 98 valence electrons. The van der Waals surface area contributed by atoms with Crippen molar-refractivity contribution in [3.05, 3.63) is 23.2 Å². The van der Waals surface area contributed by atoms with E-state index >= 15 is 0 Å². The third kappa shape index (κ3) is 2.82. The maximum atomic E-state index is 5.83. The molecule has 0 spiro atoms. The lowest BCUT2D eigenvalue weighted by Gasteiger charge is -2.08. The van der Waals surface area contributed by atoms with Crippen molar-refractivity contribution in [1.29, 1.82) is 0 Å². The summed E-state index contributed by atoms with van der Waals surface area (Å²) in [6, 6.07) is 6.08. The van der Waals surface area contributed by atoms with E-state index < -0.39 is 0 Å². The van der Waals surface area contributed by atoms with Gasteiger partial charge in [0.25, 0.3) is 0 Å². The summed E-state index contributed by atoms with van der Waals surface area (Å²) in [5.41, 5.74) is 6.88. The molecule has 1 aromatic carbocycles. The van der Waals surface area contributed by atoms with Crippen molar-refractivity contribution < 1.29 is 4.74 Å². The summed E-state index contributed by atoms with van der Waals surface area (Å²) < 4.78 is 6.70. The fraction of sp³-hybridized carbons (Fsp3) is 0.500. The number of aromatic nitrogens is 1. The summed E-state index contributed by atoms with van der Waals surface area (Å²) >= 11 is 1.74. The van der Waals surface area contributed by atoms with Crippen LogP contribution >= 0.6 is 11.3 Å². The van der Waals surface area contributed by atoms with Crippen molar-refractivity contribution in [2.75, 3.05) is 13.2 Å². The second-order valence-electron chi connectivity index (χ2n) is 4.34. The number of thiazole rings is 1. The van der Waals surface area contributed by atoms with Crippen LogP contribution in [0.15, 0.2) is 18.2 Å². The molecule has 3 nitrogen and oxygen atoms in total. The van der Waals surface area contributed by atoms with Gasteiger partial charge in [0, 0.05) is 12.5 Å². The maximum absolute atomic E-state index is 5.83. The van der Waals surface area contributed by atoms with Crippen molar-refractivity contribution in [3.8, 4) is 5.75 Å². The van der Waals surface area contributed by atoms with E-state index in [1.54, 1.807) is 11.3 Å². The highest BCUT2D eigenvalue weighted by atomic mass is 32.1. The Morgan fingerprint density at radius 2 is 2.22 bits per heavy atom. The van der Waals surface area contributed by atoms with Crippen LogP contribution in [0, 0.1) is 0 Å². The minimum Gasteiger partial charge on any atom is -0.494 e. The van der Waals surface area contributed by atoms with Gasteiger partial charge in [-0.1, -0.05) is 13.3 Å². The van der Waals surface area contributed by atoms with Crippen molar-refractivity contribution in [2.45, 2.75) is 32.6 Å². The standard InChI is InChI=1S/C14H20N2OS/c1-3-5-10(9-15)14-16-12-7-6-11(17-4-2)8-13(12)18-14/h6-8,10H,3-5,9,15H2,1-2H3. The van der Waals surface area contributed by atoms with E-state index in [4.69, 9.17) is 10.5 Å². The molecule has 0 saturated heterocycles. The Bertz CT molecular complexity index is 509. The van der Waals surface area contributed by atoms with E-state index in [1.165, 1.54) is 4.70 Å². The van der Waals surface area contributed by atoms with Crippen molar-refractivity contribution in [1.82, 2.24) is 4.98 Å². The van der Waals surface area contributed by atoms with Gasteiger partial charge in [-0.25, -0.2) is 4.98 Å². The summed E-state index contributed by atoms with van der Waals surface area (Å²) in [5, 5.41) is 1.16. The summed E-state index contributed by atoms with van der Waals surface area (Å²) in [4.78, 5) is 4.69. The molecular weight excluding hydrogens is 244 g/mol. The predicted octanol–water partition coefficient (Wildman–Crippen LogP) is 3.54. The molecule has 0 aliphatic carbocycles. The summed E-state index contributed by atoms with van der Waals surface area (Å²) in [6.07, 6.45) is 2.25. The lowest BCUT2D eigenvalue weighted by molar-refractivity contribution is 0.341. The smallest absolute Gasteiger partial charge is 0.120 e. The monoisotopic (exact) mass is 264 g/mol. The zero-order valence-electron chi connectivity index (χ0n) is 11.0. The molecule has 0 aliphatic rings. The third-order valence-electron chi connectivity index (χ3n) is 2.96. The van der Waals surface area contributed by atoms with Crippen LogP contribution in [-0.4, -0.2) is 18.1 Å². The summed E-state index contributed by atoms with van der Waals surface area (Å²) in [7, 11) is 0. The SMILES string of the molecule is CCCC(CN)c1nc2ccc(OCC)cc2s1. The van der Waals surface area contributed by atoms with Crippen LogP contribution in [0.3, 0.4) is 0 Å². The van der Waals surface area contributed by atoms with Crippen molar-refractivity contribution >= 4 is 21.6 Å². The largest absolute Gasteiger partial charge is 0.494 e. The first-order valence-corrected chi connectivity index (χ1v) is 7.33. The number of nitrogens with two attached hydrogens (primary N) is 1. The number of benzene rings is 1. The fourth-order valence-electron chi connectivity index (χ4n) is 2.04. The topological polar surface area (TPSA) is 48.1 Å². The van der Waals surface area contributed by atoms with Crippen LogP contribution in [0.5, 0.6) is 5.75 Å². The van der Waals surface area contributed by atoms with Crippen LogP contribution in [0.25, 0.3) is 10.2 Å². The second kappa shape index (κ2) is 6.16. The quantitative estimate of drug-likeness (QED) is 0.868. The molecular formula is C14H20N2OS. The molecule has 1 aromatic heterocycles. The number of hydrogen-bond donors (Lipinski definition) is 1. The van der Waals surface area contributed by atoms with Gasteiger partial charge in [-0.15, -0.1) is 11.3 Å². The number of hydrogen-bond acceptors (Lipinski definition) is 4. The number of ether oxygens (including phenoxy) is 1. The van der Waals surface area contributed by atoms with E-state index in [-0.39, 0.29) is 0 Å². The summed E-state index contributed by atoms with van der Waals surface area (Å²) in [5.74, 6) is 1.31. The Balaban J connectivity index is 2.31. The average Bonchev–Trinajstić information content (AvgIpc) is 2.79. The van der Waals surface area contributed by atoms with Crippen LogP contribution in [0.4, 0.5) is 0 Å². The zero-order valence-corrected chi connectivity index (χ0v) is 11.8. The van der Waals surface area contributed by atoms with E-state index in [2.05, 4.69) is 18.0 Å². The van der Waals surface area contributed by atoms with Crippen LogP contribution < -0.4 is 10.5 Å². The third-order valence-corrected chi connectivity index (χ3v) is 4.14. The Morgan fingerprint density at radius 3 is 2.89 bits per heavy atom. The first kappa shape index (κ1) is 13.3. The van der Waals surface area contributed by atoms with Crippen LogP contribution in [0.2, 0.25) is 0 Å². The molecule has 4 heteroatoms. The molecule has 1 unspecified atom stereocenters. The van der Waals surface area contributed by atoms with Gasteiger partial charge in [-0.3, -0.25) is 0 Å². The lowest BCUT2D eigenvalue weighted by Crippen LogP contribution is -2.11. The normalized spacial score (nSPS) is 12.8. The second-order valence-corrected chi connectivity index (χ2v) is 5.40. The highest BCUT2D eigenvalue weighted by Crippen LogP contribution is 2.31. The first-order chi connectivity index (χ1) is 8.78. The highest BCUT2D eigenvalue weighted by Gasteiger charge is 2.14. The minimum atomic E-state index is 0.392. The van der Waals surface area contributed by atoms with Gasteiger partial charge >= 0.3 is 0 Å². The van der Waals surface area contributed by atoms with E-state index in [1.807, 2.05) is 19.1 Å². The molecule has 0 bridgehead atoms. The van der Waals surface area contributed by atoms with Crippen molar-refractivity contribution in [2.24, 2.45) is 5.73 Å². The van der Waals surface area contributed by atoms with Gasteiger partial charge in [0.2, 0.25) is 0 Å². The van der Waals surface area contributed by atoms with Gasteiger partial charge in [0.1, 0.15) is 5.75 Å². The fourth-order valence-corrected chi connectivity index (χ4v) is 3.19. The Hall–Kier alpha value is -1.13. The van der Waals surface area contributed by atoms with Gasteiger partial charge in [0.05, 0.1) is 21.8 Å². The molecule has 0 radical (unpaired) electrons. The Kier molecular flexibility index (Phi) is 4.55. The number of fused-ring (bicyclic) bond motifs is 1. The molecule has 2 N–H and O–H groups in total. The zero-order chi connectivity index (χ0) is 13.0.